The number of hydrogen-bond acceptors (Lipinski definition) is 7. The van der Waals surface area contributed by atoms with Crippen LogP contribution in [0.1, 0.15) is 25.3 Å². The van der Waals surface area contributed by atoms with Crippen molar-refractivity contribution in [2.24, 2.45) is 11.7 Å². The SMILES string of the molecule is CC(=O)C1C(c2cccnc2)C(C(=O)O)=C(SCC(N)=O)NC1(C)O. The van der Waals surface area contributed by atoms with Gasteiger partial charge in [0.05, 0.1) is 22.3 Å². The van der Waals surface area contributed by atoms with E-state index in [1.165, 1.54) is 26.2 Å². The van der Waals surface area contributed by atoms with E-state index in [1.54, 1.807) is 12.1 Å². The number of rotatable bonds is 6. The Hall–Kier alpha value is -2.39. The molecule has 0 saturated carbocycles. The smallest absolute Gasteiger partial charge is 0.334 e. The lowest BCUT2D eigenvalue weighted by molar-refractivity contribution is -0.137. The van der Waals surface area contributed by atoms with Crippen molar-refractivity contribution in [2.75, 3.05) is 5.75 Å². The van der Waals surface area contributed by atoms with Gasteiger partial charge in [0.2, 0.25) is 5.91 Å². The fourth-order valence-electron chi connectivity index (χ4n) is 3.04. The molecule has 0 saturated heterocycles. The third kappa shape index (κ3) is 3.99. The third-order valence-corrected chi connectivity index (χ3v) is 4.97. The Balaban J connectivity index is 2.67. The molecule has 0 fully saturated rings. The second-order valence-electron chi connectivity index (χ2n) is 5.93. The number of primary amides is 1. The first-order valence-electron chi connectivity index (χ1n) is 7.44. The number of aromatic nitrogens is 1. The van der Waals surface area contributed by atoms with Crippen LogP contribution in [0, 0.1) is 5.92 Å². The van der Waals surface area contributed by atoms with Crippen LogP contribution in [-0.4, -0.2) is 44.3 Å². The molecule has 1 aliphatic rings. The number of carbonyl (C=O) groups excluding carboxylic acids is 2. The number of carboxylic acids is 1. The second kappa shape index (κ2) is 7.24. The molecule has 1 aromatic rings. The second-order valence-corrected chi connectivity index (χ2v) is 6.91. The summed E-state index contributed by atoms with van der Waals surface area (Å²) in [5.41, 5.74) is 3.81. The predicted molar refractivity (Wildman–Crippen MR) is 91.2 cm³/mol. The van der Waals surface area contributed by atoms with Crippen LogP contribution in [0.5, 0.6) is 0 Å². The minimum atomic E-state index is -1.70. The average molecular weight is 365 g/mol. The van der Waals surface area contributed by atoms with E-state index < -0.39 is 29.4 Å². The highest BCUT2D eigenvalue weighted by Crippen LogP contribution is 2.45. The normalized spacial score (nSPS) is 26.0. The number of ketones is 1. The number of nitrogens with one attached hydrogen (secondary N) is 1. The van der Waals surface area contributed by atoms with E-state index in [1.807, 2.05) is 0 Å². The van der Waals surface area contributed by atoms with Crippen LogP contribution in [0.15, 0.2) is 35.1 Å². The van der Waals surface area contributed by atoms with Crippen LogP contribution in [0.25, 0.3) is 0 Å². The predicted octanol–water partition coefficient (Wildman–Crippen LogP) is 0.197. The molecule has 8 nitrogen and oxygen atoms in total. The lowest BCUT2D eigenvalue weighted by Gasteiger charge is -2.43. The average Bonchev–Trinajstić information content (AvgIpc) is 2.51. The number of nitrogens with zero attached hydrogens (tertiary/aromatic N) is 1. The zero-order valence-electron chi connectivity index (χ0n) is 13.7. The number of thioether (sulfide) groups is 1. The summed E-state index contributed by atoms with van der Waals surface area (Å²) in [4.78, 5) is 39.2. The van der Waals surface area contributed by atoms with Gasteiger partial charge in [0, 0.05) is 18.3 Å². The van der Waals surface area contributed by atoms with E-state index >= 15 is 0 Å². The number of carbonyl (C=O) groups is 3. The van der Waals surface area contributed by atoms with Crippen LogP contribution < -0.4 is 11.1 Å². The highest BCUT2D eigenvalue weighted by molar-refractivity contribution is 8.03. The molecule has 9 heteroatoms. The summed E-state index contributed by atoms with van der Waals surface area (Å²) >= 11 is 0.878. The molecule has 3 unspecified atom stereocenters. The summed E-state index contributed by atoms with van der Waals surface area (Å²) in [6.07, 6.45) is 2.99. The molecule has 5 N–H and O–H groups in total. The van der Waals surface area contributed by atoms with Gasteiger partial charge in [-0.25, -0.2) is 4.79 Å². The van der Waals surface area contributed by atoms with Crippen molar-refractivity contribution in [1.82, 2.24) is 10.3 Å². The first kappa shape index (κ1) is 18.9. The topological polar surface area (TPSA) is 143 Å². The maximum atomic E-state index is 12.2. The van der Waals surface area contributed by atoms with Gasteiger partial charge in [-0.2, -0.15) is 0 Å². The maximum Gasteiger partial charge on any atom is 0.334 e. The van der Waals surface area contributed by atoms with E-state index in [4.69, 9.17) is 5.73 Å². The summed E-state index contributed by atoms with van der Waals surface area (Å²) in [5.74, 6) is -4.38. The maximum absolute atomic E-state index is 12.2. The molecule has 2 rings (SSSR count). The molecule has 134 valence electrons. The molecular formula is C16H19N3O5S. The van der Waals surface area contributed by atoms with Crippen LogP contribution >= 0.6 is 11.8 Å². The lowest BCUT2D eigenvalue weighted by atomic mass is 9.72. The van der Waals surface area contributed by atoms with Gasteiger partial charge in [0.25, 0.3) is 0 Å². The fraction of sp³-hybridized carbons (Fsp3) is 0.375. The van der Waals surface area contributed by atoms with Crippen molar-refractivity contribution < 1.29 is 24.6 Å². The zero-order chi connectivity index (χ0) is 18.8. The number of aliphatic hydroxyl groups is 1. The Bertz CT molecular complexity index is 733. The van der Waals surface area contributed by atoms with Crippen molar-refractivity contribution in [3.8, 4) is 0 Å². The summed E-state index contributed by atoms with van der Waals surface area (Å²) in [7, 11) is 0. The molecule has 1 aliphatic heterocycles. The van der Waals surface area contributed by atoms with Gasteiger partial charge in [-0.05, 0) is 25.5 Å². The number of Topliss-reactive ketones (excluding diaryl/α,β-unsaturated/α-hetero) is 1. The Labute approximate surface area is 148 Å². The lowest BCUT2D eigenvalue weighted by Crippen LogP contribution is -2.57. The summed E-state index contributed by atoms with van der Waals surface area (Å²) in [5, 5.41) is 23.3. The van der Waals surface area contributed by atoms with Crippen molar-refractivity contribution in [3.63, 3.8) is 0 Å². The monoisotopic (exact) mass is 365 g/mol. The fourth-order valence-corrected chi connectivity index (χ4v) is 3.98. The number of carboxylic acid groups (broad SMARTS) is 1. The highest BCUT2D eigenvalue weighted by atomic mass is 32.2. The molecule has 1 aromatic heterocycles. The molecular weight excluding hydrogens is 346 g/mol. The first-order chi connectivity index (χ1) is 11.6. The van der Waals surface area contributed by atoms with E-state index in [-0.39, 0.29) is 22.1 Å². The minimum Gasteiger partial charge on any atom is -0.478 e. The van der Waals surface area contributed by atoms with Crippen LogP contribution in [-0.2, 0) is 14.4 Å². The van der Waals surface area contributed by atoms with E-state index in [0.717, 1.165) is 11.8 Å². The molecule has 25 heavy (non-hydrogen) atoms. The van der Waals surface area contributed by atoms with Crippen LogP contribution in [0.2, 0.25) is 0 Å². The molecule has 2 heterocycles. The number of hydrogen-bond donors (Lipinski definition) is 4. The summed E-state index contributed by atoms with van der Waals surface area (Å²) < 4.78 is 0. The largest absolute Gasteiger partial charge is 0.478 e. The standard InChI is InChI=1S/C16H19N3O5S/c1-8(20)13-11(9-4-3-5-18-6-9)12(15(22)23)14(19-16(13,2)24)25-7-10(17)21/h3-6,11,13,19,24H,7H2,1-2H3,(H2,17,21)(H,22,23). The number of nitrogens with two attached hydrogens (primary N) is 1. The third-order valence-electron chi connectivity index (χ3n) is 3.93. The Morgan fingerprint density at radius 1 is 1.44 bits per heavy atom. The molecule has 0 aromatic carbocycles. The van der Waals surface area contributed by atoms with Gasteiger partial charge in [-0.3, -0.25) is 14.6 Å². The molecule has 0 aliphatic carbocycles. The van der Waals surface area contributed by atoms with Gasteiger partial charge < -0.3 is 21.3 Å². The van der Waals surface area contributed by atoms with Gasteiger partial charge in [0.1, 0.15) is 11.5 Å². The van der Waals surface area contributed by atoms with Crippen molar-refractivity contribution >= 4 is 29.4 Å². The van der Waals surface area contributed by atoms with Crippen LogP contribution in [0.4, 0.5) is 0 Å². The van der Waals surface area contributed by atoms with E-state index in [0.29, 0.717) is 5.56 Å². The Morgan fingerprint density at radius 3 is 2.60 bits per heavy atom. The molecule has 0 bridgehead atoms. The van der Waals surface area contributed by atoms with Crippen molar-refractivity contribution in [3.05, 3.63) is 40.7 Å². The summed E-state index contributed by atoms with van der Waals surface area (Å²) in [6.45, 7) is 2.69. The number of aliphatic carboxylic acids is 1. The number of pyridine rings is 1. The number of amides is 1. The summed E-state index contributed by atoms with van der Waals surface area (Å²) in [6, 6.07) is 3.27. The van der Waals surface area contributed by atoms with Gasteiger partial charge >= 0.3 is 5.97 Å². The molecule has 0 spiro atoms. The van der Waals surface area contributed by atoms with Crippen LogP contribution in [0.3, 0.4) is 0 Å². The molecule has 1 amide bonds. The highest BCUT2D eigenvalue weighted by Gasteiger charge is 2.50. The van der Waals surface area contributed by atoms with Gasteiger partial charge in [-0.15, -0.1) is 0 Å². The van der Waals surface area contributed by atoms with E-state index in [9.17, 15) is 24.6 Å². The Kier molecular flexibility index (Phi) is 5.48. The van der Waals surface area contributed by atoms with E-state index in [2.05, 4.69) is 10.3 Å². The van der Waals surface area contributed by atoms with Gasteiger partial charge in [0.15, 0.2) is 0 Å². The molecule has 0 radical (unpaired) electrons. The van der Waals surface area contributed by atoms with Crippen molar-refractivity contribution in [1.29, 1.82) is 0 Å². The van der Waals surface area contributed by atoms with Gasteiger partial charge in [-0.1, -0.05) is 17.8 Å². The molecule has 3 atom stereocenters. The first-order valence-corrected chi connectivity index (χ1v) is 8.43. The zero-order valence-corrected chi connectivity index (χ0v) is 14.5. The van der Waals surface area contributed by atoms with Crippen molar-refractivity contribution in [2.45, 2.75) is 25.5 Å². The minimum absolute atomic E-state index is 0.0997. The quantitative estimate of drug-likeness (QED) is 0.560. The Morgan fingerprint density at radius 2 is 2.12 bits per heavy atom.